The topological polar surface area (TPSA) is 89.0 Å². The molecule has 1 fully saturated rings. The molecule has 2 unspecified atom stereocenters. The van der Waals surface area contributed by atoms with Crippen molar-refractivity contribution in [2.24, 2.45) is 11.0 Å². The predicted molar refractivity (Wildman–Crippen MR) is 134 cm³/mol. The molecule has 0 saturated heterocycles. The highest BCUT2D eigenvalue weighted by molar-refractivity contribution is 6.12. The monoisotopic (exact) mass is 545 g/mol. The Bertz CT molecular complexity index is 1300. The summed E-state index contributed by atoms with van der Waals surface area (Å²) in [6.45, 7) is 0.00575. The first kappa shape index (κ1) is 26.7. The zero-order chi connectivity index (χ0) is 27.6. The van der Waals surface area contributed by atoms with E-state index in [1.165, 1.54) is 0 Å². The maximum Gasteiger partial charge on any atom is 0.407 e. The lowest BCUT2D eigenvalue weighted by atomic mass is 9.76. The van der Waals surface area contributed by atoms with Crippen LogP contribution in [-0.4, -0.2) is 42.4 Å². The Labute approximate surface area is 222 Å². The van der Waals surface area contributed by atoms with Gasteiger partial charge < -0.3 is 14.8 Å². The van der Waals surface area contributed by atoms with Crippen LogP contribution in [0.25, 0.3) is 0 Å². The van der Waals surface area contributed by atoms with Gasteiger partial charge >= 0.3 is 6.09 Å². The summed E-state index contributed by atoms with van der Waals surface area (Å²) in [6, 6.07) is 13.0. The fourth-order valence-corrected chi connectivity index (χ4v) is 5.11. The number of carbonyl (C=O) groups is 2. The van der Waals surface area contributed by atoms with Crippen LogP contribution in [0.5, 0.6) is 0 Å². The Hall–Kier alpha value is -3.89. The van der Waals surface area contributed by atoms with Crippen LogP contribution in [0.15, 0.2) is 65.3 Å². The highest BCUT2D eigenvalue weighted by Gasteiger charge is 2.43. The number of hydrogen-bond donors (Lipinski definition) is 2. The number of hydrogen-bond acceptors (Lipinski definition) is 6. The molecule has 5 rings (SSSR count). The van der Waals surface area contributed by atoms with E-state index in [-0.39, 0.29) is 37.6 Å². The van der Waals surface area contributed by atoms with Crippen LogP contribution >= 0.6 is 0 Å². The van der Waals surface area contributed by atoms with E-state index in [2.05, 4.69) is 15.8 Å². The van der Waals surface area contributed by atoms with E-state index < -0.39 is 43.0 Å². The Kier molecular flexibility index (Phi) is 7.58. The molecule has 1 heterocycles. The van der Waals surface area contributed by atoms with Crippen molar-refractivity contribution in [2.75, 3.05) is 0 Å². The maximum absolute atomic E-state index is 14.3. The molecule has 0 radical (unpaired) electrons. The molecular formula is C28H27F4N3O4. The van der Waals surface area contributed by atoms with Gasteiger partial charge in [-0.3, -0.25) is 10.2 Å². The van der Waals surface area contributed by atoms with Crippen molar-refractivity contribution in [1.82, 2.24) is 10.7 Å². The van der Waals surface area contributed by atoms with Gasteiger partial charge in [0.15, 0.2) is 5.78 Å². The average molecular weight is 546 g/mol. The van der Waals surface area contributed by atoms with Gasteiger partial charge in [0, 0.05) is 30.0 Å². The molecule has 0 aromatic heterocycles. The van der Waals surface area contributed by atoms with Gasteiger partial charge in [-0.2, -0.15) is 0 Å². The number of benzene rings is 2. The number of amides is 1. The van der Waals surface area contributed by atoms with Gasteiger partial charge in [-0.25, -0.2) is 22.4 Å². The highest BCUT2D eigenvalue weighted by atomic mass is 19.3. The summed E-state index contributed by atoms with van der Waals surface area (Å²) in [5.41, 5.74) is 4.94. The van der Waals surface area contributed by atoms with Gasteiger partial charge in [-0.05, 0) is 54.0 Å². The quantitative estimate of drug-likeness (QED) is 0.459. The number of hydrazone groups is 1. The molecule has 3 aliphatic rings. The van der Waals surface area contributed by atoms with E-state index in [0.717, 1.165) is 11.1 Å². The summed E-state index contributed by atoms with van der Waals surface area (Å²) in [4.78, 5) is 25.9. The standard InChI is InChI=1S/C28H27F4N3O4/c29-24(30)26-35-34-25(39-26)20-9-7-17-6-8-19(23(36)21(17)13-20)12-18-10-11-28(31,32)14-22(18)33-27(37)38-15-16-4-2-1-3-5-16/h1-5,7-9,13,18,22,24,26,35H,6,10-12,14-15H2,(H,33,37)/t18?,22-,26?/m0/s1. The van der Waals surface area contributed by atoms with Crippen molar-refractivity contribution < 1.29 is 36.6 Å². The zero-order valence-electron chi connectivity index (χ0n) is 20.8. The highest BCUT2D eigenvalue weighted by Crippen LogP contribution is 2.40. The second-order valence-corrected chi connectivity index (χ2v) is 9.93. The summed E-state index contributed by atoms with van der Waals surface area (Å²) in [7, 11) is 0. The lowest BCUT2D eigenvalue weighted by Gasteiger charge is -2.36. The second-order valence-electron chi connectivity index (χ2n) is 9.93. The third-order valence-electron chi connectivity index (χ3n) is 7.19. The fraction of sp³-hybridized carbons (Fsp3) is 0.393. The number of halogens is 4. The Morgan fingerprint density at radius 2 is 2.00 bits per heavy atom. The number of nitrogens with one attached hydrogen (secondary N) is 2. The largest absolute Gasteiger partial charge is 0.445 e. The number of allylic oxidation sites excluding steroid dienone is 2. The van der Waals surface area contributed by atoms with Gasteiger partial charge in [-0.1, -0.05) is 42.5 Å². The third kappa shape index (κ3) is 6.23. The molecule has 2 aromatic rings. The number of nitrogens with zero attached hydrogens (tertiary/aromatic N) is 1. The summed E-state index contributed by atoms with van der Waals surface area (Å²) in [5.74, 6) is -3.66. The van der Waals surface area contributed by atoms with Crippen molar-refractivity contribution in [3.63, 3.8) is 0 Å². The van der Waals surface area contributed by atoms with Crippen molar-refractivity contribution in [1.29, 1.82) is 0 Å². The normalized spacial score (nSPS) is 23.7. The van der Waals surface area contributed by atoms with Crippen molar-refractivity contribution >= 4 is 17.8 Å². The molecule has 1 saturated carbocycles. The number of ketones is 1. The number of fused-ring (bicyclic) bond motifs is 1. The van der Waals surface area contributed by atoms with Gasteiger partial charge in [0.1, 0.15) is 6.61 Å². The molecular weight excluding hydrogens is 518 g/mol. The van der Waals surface area contributed by atoms with E-state index >= 15 is 0 Å². The van der Waals surface area contributed by atoms with Crippen LogP contribution < -0.4 is 10.7 Å². The summed E-state index contributed by atoms with van der Waals surface area (Å²) in [5, 5.41) is 6.39. The van der Waals surface area contributed by atoms with E-state index in [1.54, 1.807) is 48.5 Å². The number of alkyl carbamates (subject to hydrolysis) is 1. The van der Waals surface area contributed by atoms with Crippen LogP contribution in [0.1, 0.15) is 52.7 Å². The summed E-state index contributed by atoms with van der Waals surface area (Å²) >= 11 is 0. The number of alkyl halides is 4. The van der Waals surface area contributed by atoms with Crippen LogP contribution in [0.3, 0.4) is 0 Å². The number of rotatable bonds is 7. The minimum Gasteiger partial charge on any atom is -0.445 e. The average Bonchev–Trinajstić information content (AvgIpc) is 3.42. The van der Waals surface area contributed by atoms with Crippen molar-refractivity contribution in [3.8, 4) is 0 Å². The smallest absolute Gasteiger partial charge is 0.407 e. The van der Waals surface area contributed by atoms with Crippen LogP contribution in [0, 0.1) is 5.92 Å². The molecule has 1 aliphatic heterocycles. The maximum atomic E-state index is 14.3. The molecule has 39 heavy (non-hydrogen) atoms. The van der Waals surface area contributed by atoms with Crippen molar-refractivity contribution in [2.45, 2.75) is 63.3 Å². The molecule has 0 bridgehead atoms. The number of Topliss-reactive ketones (excluding diaryl/α,β-unsaturated/α-hetero) is 1. The van der Waals surface area contributed by atoms with E-state index in [4.69, 9.17) is 9.47 Å². The number of ether oxygens (including phenoxy) is 2. The van der Waals surface area contributed by atoms with Crippen molar-refractivity contribution in [3.05, 3.63) is 82.4 Å². The van der Waals surface area contributed by atoms with Gasteiger partial charge in [-0.15, -0.1) is 5.10 Å². The second kappa shape index (κ2) is 11.1. The van der Waals surface area contributed by atoms with E-state index in [1.807, 2.05) is 6.07 Å². The molecule has 206 valence electrons. The molecule has 7 nitrogen and oxygen atoms in total. The van der Waals surface area contributed by atoms with Crippen LogP contribution in [-0.2, 0) is 22.5 Å². The lowest BCUT2D eigenvalue weighted by Crippen LogP contribution is -2.48. The molecule has 2 N–H and O–H groups in total. The minimum atomic E-state index is -2.94. The van der Waals surface area contributed by atoms with Gasteiger partial charge in [0.2, 0.25) is 18.0 Å². The summed E-state index contributed by atoms with van der Waals surface area (Å²) < 4.78 is 64.8. The molecule has 11 heteroatoms. The van der Waals surface area contributed by atoms with Gasteiger partial charge in [0.05, 0.1) is 0 Å². The predicted octanol–water partition coefficient (Wildman–Crippen LogP) is 5.34. The molecule has 1 amide bonds. The molecule has 2 aliphatic carbocycles. The SMILES string of the molecule is O=C(N[C@H]1CC(F)(F)CCC1CC1=CCc2ccc(C3=NNC(C(F)F)O3)cc2C1=O)OCc1ccccc1. The first-order valence-corrected chi connectivity index (χ1v) is 12.7. The molecule has 2 aromatic carbocycles. The first-order valence-electron chi connectivity index (χ1n) is 12.7. The Morgan fingerprint density at radius 3 is 2.74 bits per heavy atom. The van der Waals surface area contributed by atoms with Gasteiger partial charge in [0.25, 0.3) is 6.43 Å². The molecule has 0 spiro atoms. The minimum absolute atomic E-state index is 0.00575. The Balaban J connectivity index is 1.26. The fourth-order valence-electron chi connectivity index (χ4n) is 5.11. The number of carbonyl (C=O) groups excluding carboxylic acids is 2. The zero-order valence-corrected chi connectivity index (χ0v) is 20.8. The summed E-state index contributed by atoms with van der Waals surface area (Å²) in [6.07, 6.45) is -3.47. The van der Waals surface area contributed by atoms with E-state index in [9.17, 15) is 27.2 Å². The Morgan fingerprint density at radius 1 is 1.21 bits per heavy atom. The van der Waals surface area contributed by atoms with E-state index in [0.29, 0.717) is 23.1 Å². The third-order valence-corrected chi connectivity index (χ3v) is 7.19. The lowest BCUT2D eigenvalue weighted by molar-refractivity contribution is -0.0579. The first-order chi connectivity index (χ1) is 18.7. The van der Waals surface area contributed by atoms with Crippen LogP contribution in [0.4, 0.5) is 22.4 Å². The van der Waals surface area contributed by atoms with Crippen LogP contribution in [0.2, 0.25) is 0 Å². The molecule has 3 atom stereocenters.